The van der Waals surface area contributed by atoms with Crippen molar-refractivity contribution in [3.05, 3.63) is 71.3 Å². The summed E-state index contributed by atoms with van der Waals surface area (Å²) in [5.41, 5.74) is 2.95. The largest absolute Gasteiger partial charge is 0.333 e. The number of carbonyl (C=O) groups excluding carboxylic acids is 1. The third kappa shape index (κ3) is 3.34. The van der Waals surface area contributed by atoms with Gasteiger partial charge < -0.3 is 4.90 Å². The summed E-state index contributed by atoms with van der Waals surface area (Å²) in [5.74, 6) is -0.726. The molecule has 2 aromatic carbocycles. The van der Waals surface area contributed by atoms with Gasteiger partial charge in [0.2, 0.25) is 0 Å². The van der Waals surface area contributed by atoms with E-state index in [2.05, 4.69) is 0 Å². The molecule has 25 heavy (non-hydrogen) atoms. The van der Waals surface area contributed by atoms with Crippen LogP contribution in [0.2, 0.25) is 0 Å². The average Bonchev–Trinajstić information content (AvgIpc) is 2.56. The summed E-state index contributed by atoms with van der Waals surface area (Å²) < 4.78 is 26.6. The minimum atomic E-state index is -0.343. The molecule has 0 fully saturated rings. The van der Waals surface area contributed by atoms with Crippen molar-refractivity contribution in [2.45, 2.75) is 39.3 Å². The maximum absolute atomic E-state index is 13.3. The van der Waals surface area contributed by atoms with Crippen molar-refractivity contribution in [3.8, 4) is 0 Å². The van der Waals surface area contributed by atoms with Gasteiger partial charge in [-0.15, -0.1) is 0 Å². The fraction of sp³-hybridized carbons (Fsp3) is 0.286. The van der Waals surface area contributed by atoms with Crippen molar-refractivity contribution in [2.75, 3.05) is 0 Å². The normalized spacial score (nSPS) is 18.2. The first-order chi connectivity index (χ1) is 11.9. The molecule has 1 atom stereocenters. The van der Waals surface area contributed by atoms with E-state index in [4.69, 9.17) is 0 Å². The Morgan fingerprint density at radius 2 is 1.40 bits per heavy atom. The van der Waals surface area contributed by atoms with Gasteiger partial charge in [0.1, 0.15) is 11.6 Å². The number of nitrogens with zero attached hydrogens (tertiary/aromatic N) is 1. The second kappa shape index (κ2) is 6.79. The molecular formula is C21H21F2NO. The molecule has 0 saturated carbocycles. The molecule has 4 heteroatoms. The van der Waals surface area contributed by atoms with Crippen molar-refractivity contribution in [3.63, 3.8) is 0 Å². The van der Waals surface area contributed by atoms with Crippen molar-refractivity contribution in [1.29, 1.82) is 0 Å². The minimum Gasteiger partial charge on any atom is -0.333 e. The average molecular weight is 341 g/mol. The van der Waals surface area contributed by atoms with E-state index in [0.29, 0.717) is 17.6 Å². The summed E-state index contributed by atoms with van der Waals surface area (Å²) in [6.45, 7) is 5.99. The molecule has 0 spiro atoms. The van der Waals surface area contributed by atoms with Gasteiger partial charge in [-0.3, -0.25) is 4.79 Å². The molecular weight excluding hydrogens is 320 g/mol. The van der Waals surface area contributed by atoms with Crippen LogP contribution >= 0.6 is 0 Å². The molecule has 0 saturated heterocycles. The van der Waals surface area contributed by atoms with Crippen LogP contribution in [0.1, 0.15) is 38.3 Å². The molecule has 2 nitrogen and oxygen atoms in total. The first-order valence-corrected chi connectivity index (χ1v) is 8.46. The summed E-state index contributed by atoms with van der Waals surface area (Å²) in [6, 6.07) is 12.2. The maximum Gasteiger partial charge on any atom is 0.255 e. The molecule has 0 radical (unpaired) electrons. The van der Waals surface area contributed by atoms with Gasteiger partial charge in [0.25, 0.3) is 5.91 Å². The van der Waals surface area contributed by atoms with E-state index in [0.717, 1.165) is 11.1 Å². The van der Waals surface area contributed by atoms with Crippen LogP contribution in [0.4, 0.5) is 8.78 Å². The second-order valence-corrected chi connectivity index (χ2v) is 6.73. The van der Waals surface area contributed by atoms with Crippen molar-refractivity contribution < 1.29 is 13.6 Å². The zero-order valence-corrected chi connectivity index (χ0v) is 14.6. The molecule has 0 aromatic heterocycles. The van der Waals surface area contributed by atoms with Crippen molar-refractivity contribution in [1.82, 2.24) is 4.90 Å². The summed E-state index contributed by atoms with van der Waals surface area (Å²) in [4.78, 5) is 15.1. The number of rotatable bonds is 3. The Morgan fingerprint density at radius 3 is 1.88 bits per heavy atom. The number of benzene rings is 2. The summed E-state index contributed by atoms with van der Waals surface area (Å²) in [7, 11) is 0. The Hall–Kier alpha value is -2.49. The molecule has 1 aliphatic heterocycles. The Bertz CT molecular complexity index is 807. The fourth-order valence-corrected chi connectivity index (χ4v) is 3.53. The number of halogens is 2. The van der Waals surface area contributed by atoms with Crippen LogP contribution < -0.4 is 0 Å². The van der Waals surface area contributed by atoms with E-state index in [9.17, 15) is 13.6 Å². The van der Waals surface area contributed by atoms with Crippen LogP contribution in [0.5, 0.6) is 0 Å². The predicted molar refractivity (Wildman–Crippen MR) is 95.7 cm³/mol. The molecule has 0 aliphatic carbocycles. The third-order valence-corrected chi connectivity index (χ3v) is 4.61. The Kier molecular flexibility index (Phi) is 4.71. The van der Waals surface area contributed by atoms with Crippen LogP contribution in [-0.2, 0) is 4.79 Å². The lowest BCUT2D eigenvalue weighted by Crippen LogP contribution is -2.46. The van der Waals surface area contributed by atoms with E-state index >= 15 is 0 Å². The lowest BCUT2D eigenvalue weighted by atomic mass is 9.85. The van der Waals surface area contributed by atoms with E-state index in [1.807, 2.05) is 25.7 Å². The first kappa shape index (κ1) is 17.3. The molecule has 130 valence electrons. The highest BCUT2D eigenvalue weighted by Gasteiger charge is 2.34. The second-order valence-electron chi connectivity index (χ2n) is 6.73. The Balaban J connectivity index is 2.20. The third-order valence-electron chi connectivity index (χ3n) is 4.61. The van der Waals surface area contributed by atoms with E-state index in [1.54, 1.807) is 24.3 Å². The molecule has 0 N–H and O–H groups in total. The van der Waals surface area contributed by atoms with Gasteiger partial charge in [-0.25, -0.2) is 8.78 Å². The highest BCUT2D eigenvalue weighted by atomic mass is 19.1. The van der Waals surface area contributed by atoms with Crippen LogP contribution in [-0.4, -0.2) is 22.9 Å². The molecule has 1 heterocycles. The standard InChI is InChI=1S/C21H21F2NO/c1-13(2)24-14(3)12-19(15-4-8-17(22)9-5-15)20(21(24)25)16-6-10-18(23)11-7-16/h4-11,13-14H,12H2,1-3H3/t14-/m1/s1. The zero-order chi connectivity index (χ0) is 18.1. The number of carbonyl (C=O) groups is 1. The predicted octanol–water partition coefficient (Wildman–Crippen LogP) is 4.90. The quantitative estimate of drug-likeness (QED) is 0.777. The highest BCUT2D eigenvalue weighted by Crippen LogP contribution is 2.38. The fourth-order valence-electron chi connectivity index (χ4n) is 3.53. The van der Waals surface area contributed by atoms with E-state index in [1.165, 1.54) is 24.3 Å². The molecule has 1 amide bonds. The smallest absolute Gasteiger partial charge is 0.255 e. The van der Waals surface area contributed by atoms with Gasteiger partial charge in [0.15, 0.2) is 0 Å². The molecule has 2 aromatic rings. The Morgan fingerprint density at radius 1 is 0.920 bits per heavy atom. The monoisotopic (exact) mass is 341 g/mol. The zero-order valence-electron chi connectivity index (χ0n) is 14.6. The molecule has 0 bridgehead atoms. The SMILES string of the molecule is CC(C)N1C(=O)C(c2ccc(F)cc2)=C(c2ccc(F)cc2)C[C@H]1C. The number of hydrogen-bond donors (Lipinski definition) is 0. The lowest BCUT2D eigenvalue weighted by molar-refractivity contribution is -0.129. The Labute approximate surface area is 146 Å². The topological polar surface area (TPSA) is 20.3 Å². The van der Waals surface area contributed by atoms with Crippen LogP contribution in [0, 0.1) is 11.6 Å². The first-order valence-electron chi connectivity index (χ1n) is 8.46. The van der Waals surface area contributed by atoms with Crippen LogP contribution in [0.3, 0.4) is 0 Å². The molecule has 1 aliphatic rings. The summed E-state index contributed by atoms with van der Waals surface area (Å²) in [5, 5.41) is 0. The molecule has 3 rings (SSSR count). The van der Waals surface area contributed by atoms with Gasteiger partial charge >= 0.3 is 0 Å². The van der Waals surface area contributed by atoms with Crippen molar-refractivity contribution >= 4 is 17.1 Å². The van der Waals surface area contributed by atoms with Gasteiger partial charge in [0, 0.05) is 12.1 Å². The van der Waals surface area contributed by atoms with Crippen LogP contribution in [0.15, 0.2) is 48.5 Å². The minimum absolute atomic E-state index is 0.0387. The van der Waals surface area contributed by atoms with E-state index < -0.39 is 0 Å². The van der Waals surface area contributed by atoms with Crippen molar-refractivity contribution in [2.24, 2.45) is 0 Å². The van der Waals surface area contributed by atoms with Gasteiger partial charge in [-0.05, 0) is 68.2 Å². The highest BCUT2D eigenvalue weighted by molar-refractivity contribution is 6.28. The number of hydrogen-bond acceptors (Lipinski definition) is 1. The lowest BCUT2D eigenvalue weighted by Gasteiger charge is -2.39. The van der Waals surface area contributed by atoms with E-state index in [-0.39, 0.29) is 29.6 Å². The van der Waals surface area contributed by atoms with Gasteiger partial charge in [0.05, 0.1) is 5.57 Å². The number of amides is 1. The maximum atomic E-state index is 13.3. The van der Waals surface area contributed by atoms with Crippen LogP contribution in [0.25, 0.3) is 11.1 Å². The van der Waals surface area contributed by atoms with Gasteiger partial charge in [-0.1, -0.05) is 24.3 Å². The van der Waals surface area contributed by atoms with Gasteiger partial charge in [-0.2, -0.15) is 0 Å². The summed E-state index contributed by atoms with van der Waals surface area (Å²) >= 11 is 0. The summed E-state index contributed by atoms with van der Waals surface area (Å²) in [6.07, 6.45) is 0.669. The molecule has 0 unspecified atom stereocenters.